The van der Waals surface area contributed by atoms with Crippen LogP contribution in [0.2, 0.25) is 10.0 Å². The fraction of sp³-hybridized carbons (Fsp3) is 0.200. The van der Waals surface area contributed by atoms with Crippen LogP contribution >= 0.6 is 47.2 Å². The van der Waals surface area contributed by atoms with Gasteiger partial charge in [-0.1, -0.05) is 60.2 Å². The van der Waals surface area contributed by atoms with Crippen LogP contribution in [0.25, 0.3) is 6.08 Å². The van der Waals surface area contributed by atoms with E-state index in [4.69, 9.17) is 44.9 Å². The van der Waals surface area contributed by atoms with Crippen LogP contribution in [0.15, 0.2) is 41.3 Å². The number of nitrogens with zero attached hydrogens (tertiary/aromatic N) is 1. The number of methoxy groups -OCH3 is 1. The standard InChI is InChI=1S/C20H17Cl2NO3S2/c1-3-8-26-16-7-4-12(9-17(16)25-2)10-18-19(24)23(20(27)28-18)15-6-5-13(21)11-14(15)22/h4-7,9-11H,3,8H2,1-2H3/b18-10+. The minimum atomic E-state index is -0.232. The van der Waals surface area contributed by atoms with Gasteiger partial charge in [-0.15, -0.1) is 0 Å². The molecule has 0 N–H and O–H groups in total. The third kappa shape index (κ3) is 4.46. The first-order chi connectivity index (χ1) is 13.4. The number of hydrogen-bond donors (Lipinski definition) is 0. The van der Waals surface area contributed by atoms with E-state index < -0.39 is 0 Å². The summed E-state index contributed by atoms with van der Waals surface area (Å²) in [5.74, 6) is 1.05. The maximum absolute atomic E-state index is 12.9. The van der Waals surface area contributed by atoms with Gasteiger partial charge in [0, 0.05) is 5.02 Å². The molecule has 2 aromatic rings. The van der Waals surface area contributed by atoms with Gasteiger partial charge in [-0.25, -0.2) is 0 Å². The zero-order valence-corrected chi connectivity index (χ0v) is 18.3. The number of hydrogen-bond acceptors (Lipinski definition) is 5. The fourth-order valence-corrected chi connectivity index (χ4v) is 4.37. The third-order valence-corrected chi connectivity index (χ3v) is 5.73. The first-order valence-electron chi connectivity index (χ1n) is 8.48. The SMILES string of the molecule is CCCOc1ccc(/C=C2/SC(=S)N(c3ccc(Cl)cc3Cl)C2=O)cc1OC. The summed E-state index contributed by atoms with van der Waals surface area (Å²) in [6.45, 7) is 2.64. The average molecular weight is 454 g/mol. The highest BCUT2D eigenvalue weighted by Gasteiger charge is 2.34. The number of anilines is 1. The van der Waals surface area contributed by atoms with Crippen LogP contribution in [0.3, 0.4) is 0 Å². The lowest BCUT2D eigenvalue weighted by Crippen LogP contribution is -2.27. The van der Waals surface area contributed by atoms with E-state index in [1.807, 2.05) is 25.1 Å². The van der Waals surface area contributed by atoms with Gasteiger partial charge >= 0.3 is 0 Å². The van der Waals surface area contributed by atoms with Crippen molar-refractivity contribution in [2.24, 2.45) is 0 Å². The first kappa shape index (κ1) is 21.0. The Morgan fingerprint density at radius 3 is 2.64 bits per heavy atom. The molecule has 1 aliphatic heterocycles. The average Bonchev–Trinajstić information content (AvgIpc) is 2.94. The van der Waals surface area contributed by atoms with Crippen molar-refractivity contribution in [3.05, 3.63) is 56.9 Å². The molecule has 1 amide bonds. The largest absolute Gasteiger partial charge is 0.493 e. The smallest absolute Gasteiger partial charge is 0.270 e. The highest BCUT2D eigenvalue weighted by atomic mass is 35.5. The molecule has 2 aromatic carbocycles. The predicted molar refractivity (Wildman–Crippen MR) is 121 cm³/mol. The number of carbonyl (C=O) groups is 1. The second-order valence-electron chi connectivity index (χ2n) is 5.87. The Hall–Kier alpha value is -1.73. The Labute approximate surface area is 183 Å². The lowest BCUT2D eigenvalue weighted by Gasteiger charge is -2.16. The van der Waals surface area contributed by atoms with Crippen LogP contribution in [0.4, 0.5) is 5.69 Å². The van der Waals surface area contributed by atoms with Crippen molar-refractivity contribution in [3.8, 4) is 11.5 Å². The van der Waals surface area contributed by atoms with E-state index >= 15 is 0 Å². The highest BCUT2D eigenvalue weighted by Crippen LogP contribution is 2.40. The summed E-state index contributed by atoms with van der Waals surface area (Å²) in [7, 11) is 1.58. The van der Waals surface area contributed by atoms with Crippen LogP contribution in [-0.4, -0.2) is 23.9 Å². The van der Waals surface area contributed by atoms with Gasteiger partial charge in [0.05, 0.1) is 29.3 Å². The summed E-state index contributed by atoms with van der Waals surface area (Å²) in [6, 6.07) is 10.5. The number of benzene rings is 2. The van der Waals surface area contributed by atoms with Crippen LogP contribution in [0.5, 0.6) is 11.5 Å². The molecule has 0 saturated carbocycles. The maximum atomic E-state index is 12.9. The van der Waals surface area contributed by atoms with Gasteiger partial charge in [0.2, 0.25) is 0 Å². The summed E-state index contributed by atoms with van der Waals surface area (Å²) < 4.78 is 11.5. The van der Waals surface area contributed by atoms with Gasteiger partial charge in [-0.3, -0.25) is 9.69 Å². The van der Waals surface area contributed by atoms with Crippen molar-refractivity contribution in [3.63, 3.8) is 0 Å². The number of carbonyl (C=O) groups excluding carboxylic acids is 1. The van der Waals surface area contributed by atoms with Crippen LogP contribution < -0.4 is 14.4 Å². The molecular formula is C20H17Cl2NO3S2. The van der Waals surface area contributed by atoms with Crippen molar-refractivity contribution >= 4 is 69.2 Å². The molecule has 0 aliphatic carbocycles. The fourth-order valence-electron chi connectivity index (χ4n) is 2.59. The molecule has 3 rings (SSSR count). The molecule has 8 heteroatoms. The van der Waals surface area contributed by atoms with E-state index in [0.717, 1.165) is 12.0 Å². The number of thioether (sulfide) groups is 1. The van der Waals surface area contributed by atoms with Gasteiger partial charge in [0.15, 0.2) is 15.8 Å². The summed E-state index contributed by atoms with van der Waals surface area (Å²) in [5.41, 5.74) is 1.32. The van der Waals surface area contributed by atoms with E-state index in [1.165, 1.54) is 16.7 Å². The van der Waals surface area contributed by atoms with Gasteiger partial charge < -0.3 is 9.47 Å². The number of thiocarbonyl (C=S) groups is 1. The lowest BCUT2D eigenvalue weighted by molar-refractivity contribution is -0.113. The number of rotatable bonds is 6. The van der Waals surface area contributed by atoms with Crippen molar-refractivity contribution in [2.75, 3.05) is 18.6 Å². The van der Waals surface area contributed by atoms with E-state index in [9.17, 15) is 4.79 Å². The summed E-state index contributed by atoms with van der Waals surface area (Å²) >= 11 is 18.8. The zero-order valence-electron chi connectivity index (χ0n) is 15.2. The second-order valence-corrected chi connectivity index (χ2v) is 8.39. The molecule has 0 unspecified atom stereocenters. The van der Waals surface area contributed by atoms with E-state index in [1.54, 1.807) is 31.4 Å². The minimum absolute atomic E-state index is 0.232. The van der Waals surface area contributed by atoms with Crippen molar-refractivity contribution in [2.45, 2.75) is 13.3 Å². The van der Waals surface area contributed by atoms with Crippen molar-refractivity contribution in [1.82, 2.24) is 0 Å². The Bertz CT molecular complexity index is 962. The summed E-state index contributed by atoms with van der Waals surface area (Å²) in [6.07, 6.45) is 2.68. The van der Waals surface area contributed by atoms with Gasteiger partial charge in [0.1, 0.15) is 0 Å². The first-order valence-corrected chi connectivity index (χ1v) is 10.5. The van der Waals surface area contributed by atoms with Gasteiger partial charge in [-0.05, 0) is 48.4 Å². The molecule has 1 heterocycles. The Kier molecular flexibility index (Phi) is 6.88. The van der Waals surface area contributed by atoms with E-state index in [-0.39, 0.29) is 5.91 Å². The Morgan fingerprint density at radius 2 is 1.96 bits per heavy atom. The monoisotopic (exact) mass is 453 g/mol. The minimum Gasteiger partial charge on any atom is -0.493 e. The van der Waals surface area contributed by atoms with Crippen LogP contribution in [0, 0.1) is 0 Å². The molecule has 1 saturated heterocycles. The molecule has 0 spiro atoms. The molecule has 1 fully saturated rings. The topological polar surface area (TPSA) is 38.8 Å². The molecule has 28 heavy (non-hydrogen) atoms. The Balaban J connectivity index is 1.89. The normalized spacial score (nSPS) is 15.4. The van der Waals surface area contributed by atoms with Crippen molar-refractivity contribution < 1.29 is 14.3 Å². The Morgan fingerprint density at radius 1 is 1.18 bits per heavy atom. The van der Waals surface area contributed by atoms with Gasteiger partial charge in [-0.2, -0.15) is 0 Å². The molecular weight excluding hydrogens is 437 g/mol. The van der Waals surface area contributed by atoms with Crippen LogP contribution in [-0.2, 0) is 4.79 Å². The molecule has 0 bridgehead atoms. The van der Waals surface area contributed by atoms with Crippen molar-refractivity contribution in [1.29, 1.82) is 0 Å². The predicted octanol–water partition coefficient (Wildman–Crippen LogP) is 6.20. The van der Waals surface area contributed by atoms with E-state index in [2.05, 4.69) is 0 Å². The third-order valence-electron chi connectivity index (χ3n) is 3.89. The molecule has 4 nitrogen and oxygen atoms in total. The van der Waals surface area contributed by atoms with Crippen LogP contribution in [0.1, 0.15) is 18.9 Å². The highest BCUT2D eigenvalue weighted by molar-refractivity contribution is 8.27. The number of amides is 1. The summed E-state index contributed by atoms with van der Waals surface area (Å²) in [5, 5.41) is 0.858. The van der Waals surface area contributed by atoms with E-state index in [0.29, 0.717) is 43.1 Å². The maximum Gasteiger partial charge on any atom is 0.270 e. The molecule has 0 atom stereocenters. The molecule has 0 radical (unpaired) electrons. The quantitative estimate of drug-likeness (QED) is 0.384. The lowest BCUT2D eigenvalue weighted by atomic mass is 10.2. The summed E-state index contributed by atoms with van der Waals surface area (Å²) in [4.78, 5) is 14.8. The molecule has 146 valence electrons. The molecule has 0 aromatic heterocycles. The van der Waals surface area contributed by atoms with Gasteiger partial charge in [0.25, 0.3) is 5.91 Å². The number of halogens is 2. The molecule has 1 aliphatic rings. The second kappa shape index (κ2) is 9.18. The number of ether oxygens (including phenoxy) is 2. The zero-order chi connectivity index (χ0) is 20.3.